The van der Waals surface area contributed by atoms with Crippen LogP contribution in [-0.2, 0) is 11.3 Å². The van der Waals surface area contributed by atoms with Crippen LogP contribution in [0.25, 0.3) is 0 Å². The van der Waals surface area contributed by atoms with Gasteiger partial charge in [0.1, 0.15) is 11.5 Å². The van der Waals surface area contributed by atoms with Gasteiger partial charge in [-0.15, -0.1) is 0 Å². The molecule has 1 heterocycles. The number of nitrogens with one attached hydrogen (secondary N) is 1. The maximum absolute atomic E-state index is 13.1. The molecule has 0 spiro atoms. The molecule has 1 aliphatic rings. The molecule has 190 valence electrons. The van der Waals surface area contributed by atoms with Crippen LogP contribution in [0.4, 0.5) is 0 Å². The molecular formula is C26H34N2O7. The molecule has 0 aliphatic carbocycles. The van der Waals surface area contributed by atoms with E-state index in [-0.39, 0.29) is 17.7 Å². The summed E-state index contributed by atoms with van der Waals surface area (Å²) in [5.74, 6) is 2.82. The maximum atomic E-state index is 13.1. The van der Waals surface area contributed by atoms with Gasteiger partial charge in [-0.2, -0.15) is 0 Å². The van der Waals surface area contributed by atoms with Crippen molar-refractivity contribution in [3.05, 3.63) is 41.5 Å². The summed E-state index contributed by atoms with van der Waals surface area (Å²) in [6.45, 7) is 1.52. The Bertz CT molecular complexity index is 1010. The first-order chi connectivity index (χ1) is 16.9. The second kappa shape index (κ2) is 12.2. The van der Waals surface area contributed by atoms with Crippen LogP contribution >= 0.6 is 0 Å². The van der Waals surface area contributed by atoms with Crippen molar-refractivity contribution in [2.24, 2.45) is 5.92 Å². The lowest BCUT2D eigenvalue weighted by atomic mass is 9.92. The minimum Gasteiger partial charge on any atom is -0.497 e. The summed E-state index contributed by atoms with van der Waals surface area (Å²) >= 11 is 0. The normalized spacial score (nSPS) is 13.7. The molecule has 0 atom stereocenters. The lowest BCUT2D eigenvalue weighted by Gasteiger charge is -2.32. The zero-order valence-electron chi connectivity index (χ0n) is 21.0. The number of carbonyl (C=O) groups excluding carboxylic acids is 2. The fourth-order valence-electron chi connectivity index (χ4n) is 4.28. The maximum Gasteiger partial charge on any atom is 0.254 e. The number of hydrogen-bond donors (Lipinski definition) is 1. The van der Waals surface area contributed by atoms with Gasteiger partial charge in [0, 0.05) is 37.2 Å². The predicted molar refractivity (Wildman–Crippen MR) is 131 cm³/mol. The van der Waals surface area contributed by atoms with Crippen molar-refractivity contribution < 1.29 is 33.3 Å². The van der Waals surface area contributed by atoms with Gasteiger partial charge in [0.15, 0.2) is 11.5 Å². The molecular weight excluding hydrogens is 452 g/mol. The van der Waals surface area contributed by atoms with Gasteiger partial charge in [0.05, 0.1) is 35.5 Å². The summed E-state index contributed by atoms with van der Waals surface area (Å²) in [6.07, 6.45) is 1.93. The van der Waals surface area contributed by atoms with Crippen LogP contribution in [0, 0.1) is 5.92 Å². The van der Waals surface area contributed by atoms with Crippen molar-refractivity contribution in [1.29, 1.82) is 0 Å². The van der Waals surface area contributed by atoms with Crippen molar-refractivity contribution in [2.45, 2.75) is 25.8 Å². The van der Waals surface area contributed by atoms with Gasteiger partial charge in [0.25, 0.3) is 5.91 Å². The summed E-state index contributed by atoms with van der Waals surface area (Å²) < 4.78 is 26.7. The molecule has 0 radical (unpaired) electrons. The van der Waals surface area contributed by atoms with E-state index in [1.54, 1.807) is 31.3 Å². The Morgan fingerprint density at radius 3 is 2.03 bits per heavy atom. The van der Waals surface area contributed by atoms with Gasteiger partial charge >= 0.3 is 0 Å². The fourth-order valence-corrected chi connectivity index (χ4v) is 4.28. The molecule has 0 unspecified atom stereocenters. The summed E-state index contributed by atoms with van der Waals surface area (Å²) in [4.78, 5) is 27.5. The molecule has 0 saturated carbocycles. The highest BCUT2D eigenvalue weighted by Gasteiger charge is 2.27. The Labute approximate surface area is 206 Å². The molecule has 9 nitrogen and oxygen atoms in total. The quantitative estimate of drug-likeness (QED) is 0.551. The van der Waals surface area contributed by atoms with Crippen LogP contribution in [0.5, 0.6) is 28.7 Å². The van der Waals surface area contributed by atoms with Crippen molar-refractivity contribution in [3.8, 4) is 28.7 Å². The summed E-state index contributed by atoms with van der Waals surface area (Å²) in [7, 11) is 7.76. The fraction of sp³-hybridized carbons (Fsp3) is 0.462. The van der Waals surface area contributed by atoms with Gasteiger partial charge in [-0.05, 0) is 49.1 Å². The van der Waals surface area contributed by atoms with Crippen molar-refractivity contribution in [1.82, 2.24) is 10.2 Å². The van der Waals surface area contributed by atoms with Crippen molar-refractivity contribution >= 4 is 11.8 Å². The van der Waals surface area contributed by atoms with E-state index in [0.717, 1.165) is 18.4 Å². The Balaban J connectivity index is 1.54. The number of hydrogen-bond acceptors (Lipinski definition) is 7. The highest BCUT2D eigenvalue weighted by molar-refractivity contribution is 5.95. The predicted octanol–water partition coefficient (Wildman–Crippen LogP) is 3.29. The van der Waals surface area contributed by atoms with E-state index in [9.17, 15) is 9.59 Å². The minimum absolute atomic E-state index is 0.0238. The van der Waals surface area contributed by atoms with Crippen molar-refractivity contribution in [3.63, 3.8) is 0 Å². The van der Waals surface area contributed by atoms with Gasteiger partial charge in [0.2, 0.25) is 11.7 Å². The van der Waals surface area contributed by atoms with E-state index in [1.165, 1.54) is 21.3 Å². The standard InChI is InChI=1S/C26H34N2O7/c1-31-20-6-7-21(32-2)19(13-20)16-27-24(29)12-17-8-10-28(11-9-17)26(30)18-14-22(33-3)25(35-5)23(15-18)34-4/h6-7,13-15,17H,8-12,16H2,1-5H3,(H,27,29). The highest BCUT2D eigenvalue weighted by atomic mass is 16.5. The number of nitrogens with zero attached hydrogens (tertiary/aromatic N) is 1. The number of benzene rings is 2. The first-order valence-corrected chi connectivity index (χ1v) is 11.5. The van der Waals surface area contributed by atoms with Gasteiger partial charge in [-0.1, -0.05) is 0 Å². The van der Waals surface area contributed by atoms with E-state index in [0.29, 0.717) is 60.4 Å². The molecule has 3 rings (SSSR count). The van der Waals surface area contributed by atoms with Crippen molar-refractivity contribution in [2.75, 3.05) is 48.6 Å². The third-order valence-corrected chi connectivity index (χ3v) is 6.25. The molecule has 0 aromatic heterocycles. The number of rotatable bonds is 10. The minimum atomic E-state index is -0.0997. The molecule has 2 amide bonds. The largest absolute Gasteiger partial charge is 0.497 e. The average Bonchev–Trinajstić information content (AvgIpc) is 2.90. The molecule has 1 N–H and O–H groups in total. The van der Waals surface area contributed by atoms with E-state index in [1.807, 2.05) is 18.2 Å². The third kappa shape index (κ3) is 6.29. The number of carbonyl (C=O) groups is 2. The highest BCUT2D eigenvalue weighted by Crippen LogP contribution is 2.38. The second-order valence-corrected chi connectivity index (χ2v) is 8.31. The van der Waals surface area contributed by atoms with E-state index in [2.05, 4.69) is 5.32 Å². The molecule has 9 heteroatoms. The Kier molecular flexibility index (Phi) is 9.05. The number of amides is 2. The molecule has 2 aromatic carbocycles. The van der Waals surface area contributed by atoms with E-state index in [4.69, 9.17) is 23.7 Å². The number of piperidine rings is 1. The van der Waals surface area contributed by atoms with Gasteiger partial charge in [-0.25, -0.2) is 0 Å². The zero-order chi connectivity index (χ0) is 25.4. The molecule has 1 saturated heterocycles. The van der Waals surface area contributed by atoms with Crippen LogP contribution < -0.4 is 29.0 Å². The molecule has 0 bridgehead atoms. The second-order valence-electron chi connectivity index (χ2n) is 8.31. The summed E-state index contributed by atoms with van der Waals surface area (Å²) in [5, 5.41) is 2.97. The number of ether oxygens (including phenoxy) is 5. The smallest absolute Gasteiger partial charge is 0.254 e. The molecule has 1 fully saturated rings. The molecule has 2 aromatic rings. The topological polar surface area (TPSA) is 95.6 Å². The van der Waals surface area contributed by atoms with Gasteiger partial charge in [-0.3, -0.25) is 9.59 Å². The Morgan fingerprint density at radius 2 is 1.49 bits per heavy atom. The SMILES string of the molecule is COc1ccc(OC)c(CNC(=O)CC2CCN(C(=O)c3cc(OC)c(OC)c(OC)c3)CC2)c1. The lowest BCUT2D eigenvalue weighted by Crippen LogP contribution is -2.39. The lowest BCUT2D eigenvalue weighted by molar-refractivity contribution is -0.122. The molecule has 1 aliphatic heterocycles. The summed E-state index contributed by atoms with van der Waals surface area (Å²) in [5.41, 5.74) is 1.33. The monoisotopic (exact) mass is 486 g/mol. The average molecular weight is 487 g/mol. The third-order valence-electron chi connectivity index (χ3n) is 6.25. The van der Waals surface area contributed by atoms with Crippen LogP contribution in [0.3, 0.4) is 0 Å². The summed E-state index contributed by atoms with van der Waals surface area (Å²) in [6, 6.07) is 8.82. The van der Waals surface area contributed by atoms with E-state index < -0.39 is 0 Å². The number of methoxy groups -OCH3 is 5. The van der Waals surface area contributed by atoms with Crippen LogP contribution in [0.1, 0.15) is 35.2 Å². The van der Waals surface area contributed by atoms with Crippen LogP contribution in [0.15, 0.2) is 30.3 Å². The van der Waals surface area contributed by atoms with Crippen LogP contribution in [0.2, 0.25) is 0 Å². The molecule has 35 heavy (non-hydrogen) atoms. The zero-order valence-corrected chi connectivity index (χ0v) is 21.0. The van der Waals surface area contributed by atoms with E-state index >= 15 is 0 Å². The Morgan fingerprint density at radius 1 is 0.857 bits per heavy atom. The Hall–Kier alpha value is -3.62. The number of likely N-dealkylation sites (tertiary alicyclic amines) is 1. The van der Waals surface area contributed by atoms with Gasteiger partial charge < -0.3 is 33.9 Å². The first-order valence-electron chi connectivity index (χ1n) is 11.5. The first kappa shape index (κ1) is 26.0. The van der Waals surface area contributed by atoms with Crippen LogP contribution in [-0.4, -0.2) is 65.4 Å².